The number of nitrogens with one attached hydrogen (secondary N) is 2. The van der Waals surface area contributed by atoms with Crippen molar-refractivity contribution in [1.29, 1.82) is 0 Å². The topological polar surface area (TPSA) is 70.1 Å². The van der Waals surface area contributed by atoms with Gasteiger partial charge in [-0.3, -0.25) is 0 Å². The number of aromatic nitrogens is 2. The lowest BCUT2D eigenvalue weighted by Gasteiger charge is -2.27. The number of rotatable bonds is 7. The minimum atomic E-state index is 0.0299. The van der Waals surface area contributed by atoms with E-state index in [0.717, 1.165) is 55.4 Å². The van der Waals surface area contributed by atoms with Gasteiger partial charge in [0.1, 0.15) is 17.5 Å². The third kappa shape index (κ3) is 3.64. The number of hydrogen-bond donors (Lipinski definition) is 3. The fraction of sp³-hybridized carbons (Fsp3) is 0.750. The highest BCUT2D eigenvalue weighted by molar-refractivity contribution is 5.57. The van der Waals surface area contributed by atoms with Crippen molar-refractivity contribution in [2.45, 2.75) is 52.9 Å². The summed E-state index contributed by atoms with van der Waals surface area (Å²) in [4.78, 5) is 9.16. The van der Waals surface area contributed by atoms with Crippen LogP contribution in [0.15, 0.2) is 0 Å². The standard InChI is InChI=1S/C16H28N4O/c1-4-13-19-14(17-5-2)12(3)15(20-13)18-10-16(11-21)8-6-7-9-16/h21H,4-11H2,1-3H3,(H2,17,18,19,20). The van der Waals surface area contributed by atoms with E-state index >= 15 is 0 Å². The first-order chi connectivity index (χ1) is 10.1. The fourth-order valence-corrected chi connectivity index (χ4v) is 3.02. The first-order valence-electron chi connectivity index (χ1n) is 8.10. The maximum atomic E-state index is 9.72. The normalized spacial score (nSPS) is 17.0. The molecule has 5 heteroatoms. The van der Waals surface area contributed by atoms with Crippen molar-refractivity contribution >= 4 is 11.6 Å². The van der Waals surface area contributed by atoms with E-state index in [0.29, 0.717) is 0 Å². The van der Waals surface area contributed by atoms with Gasteiger partial charge in [0.25, 0.3) is 0 Å². The molecule has 1 aliphatic carbocycles. The van der Waals surface area contributed by atoms with Crippen LogP contribution in [0.25, 0.3) is 0 Å². The molecule has 0 unspecified atom stereocenters. The maximum absolute atomic E-state index is 9.72. The summed E-state index contributed by atoms with van der Waals surface area (Å²) in [7, 11) is 0. The minimum absolute atomic E-state index is 0.0299. The van der Waals surface area contributed by atoms with Crippen LogP contribution in [-0.4, -0.2) is 34.8 Å². The Morgan fingerprint density at radius 3 is 2.24 bits per heavy atom. The van der Waals surface area contributed by atoms with Crippen molar-refractivity contribution in [3.05, 3.63) is 11.4 Å². The average molecular weight is 292 g/mol. The quantitative estimate of drug-likeness (QED) is 0.721. The van der Waals surface area contributed by atoms with Gasteiger partial charge in [0, 0.05) is 30.5 Å². The van der Waals surface area contributed by atoms with Gasteiger partial charge in [-0.05, 0) is 26.7 Å². The summed E-state index contributed by atoms with van der Waals surface area (Å²) in [6.45, 7) is 8.07. The smallest absolute Gasteiger partial charge is 0.134 e. The minimum Gasteiger partial charge on any atom is -0.396 e. The van der Waals surface area contributed by atoms with Crippen molar-refractivity contribution in [2.75, 3.05) is 30.3 Å². The molecule has 0 amide bonds. The van der Waals surface area contributed by atoms with E-state index in [2.05, 4.69) is 34.4 Å². The van der Waals surface area contributed by atoms with Crippen LogP contribution in [0.2, 0.25) is 0 Å². The molecular formula is C16H28N4O. The van der Waals surface area contributed by atoms with E-state index in [4.69, 9.17) is 0 Å². The Balaban J connectivity index is 2.16. The molecule has 118 valence electrons. The predicted octanol–water partition coefficient (Wildman–Crippen LogP) is 2.74. The summed E-state index contributed by atoms with van der Waals surface area (Å²) in [6, 6.07) is 0. The third-order valence-corrected chi connectivity index (χ3v) is 4.48. The maximum Gasteiger partial charge on any atom is 0.134 e. The number of hydrogen-bond acceptors (Lipinski definition) is 5. The average Bonchev–Trinajstić information content (AvgIpc) is 2.97. The lowest BCUT2D eigenvalue weighted by Crippen LogP contribution is -2.31. The van der Waals surface area contributed by atoms with Gasteiger partial charge < -0.3 is 15.7 Å². The molecule has 0 aliphatic heterocycles. The highest BCUT2D eigenvalue weighted by Crippen LogP contribution is 2.37. The Morgan fingerprint density at radius 1 is 1.10 bits per heavy atom. The van der Waals surface area contributed by atoms with Crippen LogP contribution < -0.4 is 10.6 Å². The zero-order chi connectivity index (χ0) is 15.3. The molecule has 0 atom stereocenters. The monoisotopic (exact) mass is 292 g/mol. The van der Waals surface area contributed by atoms with Crippen LogP contribution in [0, 0.1) is 12.3 Å². The van der Waals surface area contributed by atoms with Crippen LogP contribution in [0.4, 0.5) is 11.6 Å². The highest BCUT2D eigenvalue weighted by atomic mass is 16.3. The fourth-order valence-electron chi connectivity index (χ4n) is 3.02. The van der Waals surface area contributed by atoms with E-state index < -0.39 is 0 Å². The molecular weight excluding hydrogens is 264 g/mol. The summed E-state index contributed by atoms with van der Waals surface area (Å²) in [5.41, 5.74) is 1.09. The van der Waals surface area contributed by atoms with E-state index in [1.54, 1.807) is 0 Å². The predicted molar refractivity (Wildman–Crippen MR) is 86.8 cm³/mol. The van der Waals surface area contributed by atoms with Gasteiger partial charge in [-0.15, -0.1) is 0 Å². The van der Waals surface area contributed by atoms with Gasteiger partial charge in [0.05, 0.1) is 6.61 Å². The molecule has 1 heterocycles. The van der Waals surface area contributed by atoms with E-state index in [1.807, 2.05) is 6.92 Å². The van der Waals surface area contributed by atoms with Crippen LogP contribution in [0.5, 0.6) is 0 Å². The summed E-state index contributed by atoms with van der Waals surface area (Å²) >= 11 is 0. The second-order valence-electron chi connectivity index (χ2n) is 6.06. The molecule has 21 heavy (non-hydrogen) atoms. The first kappa shape index (κ1) is 16.0. The summed E-state index contributed by atoms with van der Waals surface area (Å²) in [6.07, 6.45) is 5.45. The van der Waals surface area contributed by atoms with Gasteiger partial charge in [0.15, 0.2) is 0 Å². The highest BCUT2D eigenvalue weighted by Gasteiger charge is 2.33. The Kier molecular flexibility index (Phi) is 5.39. The number of aryl methyl sites for hydroxylation is 1. The van der Waals surface area contributed by atoms with Crippen LogP contribution >= 0.6 is 0 Å². The van der Waals surface area contributed by atoms with Crippen molar-refractivity contribution in [1.82, 2.24) is 9.97 Å². The lowest BCUT2D eigenvalue weighted by molar-refractivity contribution is 0.142. The van der Waals surface area contributed by atoms with Crippen molar-refractivity contribution in [3.63, 3.8) is 0 Å². The summed E-state index contributed by atoms with van der Waals surface area (Å²) in [5, 5.41) is 16.5. The Morgan fingerprint density at radius 2 is 1.71 bits per heavy atom. The van der Waals surface area contributed by atoms with Gasteiger partial charge in [-0.2, -0.15) is 0 Å². The molecule has 1 saturated carbocycles. The summed E-state index contributed by atoms with van der Waals surface area (Å²) in [5.74, 6) is 2.66. The summed E-state index contributed by atoms with van der Waals surface area (Å²) < 4.78 is 0. The second-order valence-corrected chi connectivity index (χ2v) is 6.06. The number of aliphatic hydroxyl groups excluding tert-OH is 1. The second kappa shape index (κ2) is 7.07. The van der Waals surface area contributed by atoms with Gasteiger partial charge in [0.2, 0.25) is 0 Å². The van der Waals surface area contributed by atoms with Crippen molar-refractivity contribution in [2.24, 2.45) is 5.41 Å². The van der Waals surface area contributed by atoms with Crippen LogP contribution in [-0.2, 0) is 6.42 Å². The molecule has 0 radical (unpaired) electrons. The van der Waals surface area contributed by atoms with Gasteiger partial charge in [-0.1, -0.05) is 19.8 Å². The zero-order valence-corrected chi connectivity index (χ0v) is 13.5. The van der Waals surface area contributed by atoms with Crippen molar-refractivity contribution < 1.29 is 5.11 Å². The Hall–Kier alpha value is -1.36. The molecule has 3 N–H and O–H groups in total. The lowest BCUT2D eigenvalue weighted by atomic mass is 9.87. The van der Waals surface area contributed by atoms with Crippen LogP contribution in [0.1, 0.15) is 50.9 Å². The number of nitrogens with zero attached hydrogens (tertiary/aromatic N) is 2. The van der Waals surface area contributed by atoms with E-state index in [-0.39, 0.29) is 12.0 Å². The molecule has 0 aromatic carbocycles. The molecule has 0 spiro atoms. The van der Waals surface area contributed by atoms with Crippen molar-refractivity contribution in [3.8, 4) is 0 Å². The molecule has 1 aliphatic rings. The molecule has 0 bridgehead atoms. The zero-order valence-electron chi connectivity index (χ0n) is 13.5. The molecule has 2 rings (SSSR count). The Labute approximate surface area is 127 Å². The molecule has 1 aromatic heterocycles. The first-order valence-corrected chi connectivity index (χ1v) is 8.10. The molecule has 1 aromatic rings. The largest absolute Gasteiger partial charge is 0.396 e. The van der Waals surface area contributed by atoms with Gasteiger partial charge in [-0.25, -0.2) is 9.97 Å². The van der Waals surface area contributed by atoms with E-state index in [1.165, 1.54) is 12.8 Å². The van der Waals surface area contributed by atoms with E-state index in [9.17, 15) is 5.11 Å². The molecule has 1 fully saturated rings. The van der Waals surface area contributed by atoms with Gasteiger partial charge >= 0.3 is 0 Å². The molecule has 5 nitrogen and oxygen atoms in total. The third-order valence-electron chi connectivity index (χ3n) is 4.48. The number of aliphatic hydroxyl groups is 1. The molecule has 0 saturated heterocycles. The SMILES string of the molecule is CCNc1nc(CC)nc(NCC2(CO)CCCC2)c1C. The van der Waals surface area contributed by atoms with Crippen LogP contribution in [0.3, 0.4) is 0 Å². The number of anilines is 2. The Bertz CT molecular complexity index is 470.